The first-order valence-electron chi connectivity index (χ1n) is 3.78. The molecule has 0 bridgehead atoms. The monoisotopic (exact) mass is 198 g/mol. The van der Waals surface area contributed by atoms with Crippen LogP contribution in [0.2, 0.25) is 0 Å². The van der Waals surface area contributed by atoms with Crippen LogP contribution in [-0.4, -0.2) is 21.4 Å². The van der Waals surface area contributed by atoms with E-state index < -0.39 is 11.2 Å². The molecule has 0 amide bonds. The largest absolute Gasteiger partial charge is 0.508 e. The Morgan fingerprint density at radius 2 is 1.92 bits per heavy atom. The molecule has 0 saturated carbocycles. The average molecular weight is 198 g/mol. The Morgan fingerprint density at radius 3 is 2.38 bits per heavy atom. The Labute approximate surface area is 81.4 Å². The first-order chi connectivity index (χ1) is 6.09. The summed E-state index contributed by atoms with van der Waals surface area (Å²) in [6, 6.07) is 6.42. The normalized spacial score (nSPS) is 12.4. The van der Waals surface area contributed by atoms with Gasteiger partial charge in [0.1, 0.15) is 11.0 Å². The molecule has 70 valence electrons. The zero-order chi connectivity index (χ0) is 9.84. The van der Waals surface area contributed by atoms with E-state index in [-0.39, 0.29) is 5.75 Å². The number of phenols is 1. The number of hydrogen-bond donors (Lipinski definition) is 3. The van der Waals surface area contributed by atoms with Gasteiger partial charge in [-0.2, -0.15) is 12.6 Å². The quantitative estimate of drug-likeness (QED) is 0.642. The number of carboxylic acid groups (broad SMARTS) is 1. The molecule has 13 heavy (non-hydrogen) atoms. The first kappa shape index (κ1) is 9.92. The smallest absolute Gasteiger partial charge is 0.316 e. The van der Waals surface area contributed by atoms with Crippen molar-refractivity contribution in [2.45, 2.75) is 11.7 Å². The van der Waals surface area contributed by atoms with Crippen LogP contribution >= 0.6 is 12.6 Å². The third-order valence-corrected chi connectivity index (χ3v) is 2.05. The number of thiol groups is 1. The van der Waals surface area contributed by atoms with Gasteiger partial charge in [-0.05, 0) is 24.1 Å². The minimum Gasteiger partial charge on any atom is -0.508 e. The molecule has 0 aliphatic heterocycles. The van der Waals surface area contributed by atoms with E-state index in [0.717, 1.165) is 5.56 Å². The minimum absolute atomic E-state index is 0.176. The molecule has 2 N–H and O–H groups in total. The van der Waals surface area contributed by atoms with E-state index >= 15 is 0 Å². The number of hydrogen-bond acceptors (Lipinski definition) is 3. The number of aromatic hydroxyl groups is 1. The van der Waals surface area contributed by atoms with Crippen molar-refractivity contribution in [3.8, 4) is 5.75 Å². The lowest BCUT2D eigenvalue weighted by atomic mass is 10.1. The molecule has 0 fully saturated rings. The second-order valence-electron chi connectivity index (χ2n) is 2.72. The second-order valence-corrected chi connectivity index (χ2v) is 3.35. The molecular weight excluding hydrogens is 188 g/mol. The molecule has 0 radical (unpaired) electrons. The van der Waals surface area contributed by atoms with E-state index in [2.05, 4.69) is 12.6 Å². The van der Waals surface area contributed by atoms with E-state index in [9.17, 15) is 4.79 Å². The molecule has 4 heteroatoms. The molecule has 0 aliphatic carbocycles. The van der Waals surface area contributed by atoms with Gasteiger partial charge < -0.3 is 10.2 Å². The predicted molar refractivity (Wildman–Crippen MR) is 52.2 cm³/mol. The van der Waals surface area contributed by atoms with Gasteiger partial charge in [-0.25, -0.2) is 0 Å². The number of aliphatic carboxylic acids is 1. The van der Waals surface area contributed by atoms with Gasteiger partial charge in [0.2, 0.25) is 0 Å². The first-order valence-corrected chi connectivity index (χ1v) is 4.30. The van der Waals surface area contributed by atoms with Crippen molar-refractivity contribution in [1.82, 2.24) is 0 Å². The van der Waals surface area contributed by atoms with Crippen molar-refractivity contribution in [2.75, 3.05) is 0 Å². The lowest BCUT2D eigenvalue weighted by Gasteiger charge is -2.04. The number of carbonyl (C=O) groups is 1. The maximum atomic E-state index is 10.4. The fourth-order valence-electron chi connectivity index (χ4n) is 0.943. The highest BCUT2D eigenvalue weighted by molar-refractivity contribution is 7.81. The molecular formula is C9H10O3S. The summed E-state index contributed by atoms with van der Waals surface area (Å²) in [7, 11) is 0. The van der Waals surface area contributed by atoms with Crippen molar-refractivity contribution in [3.05, 3.63) is 29.8 Å². The lowest BCUT2D eigenvalue weighted by molar-refractivity contribution is -0.136. The molecule has 0 heterocycles. The molecule has 0 saturated heterocycles. The van der Waals surface area contributed by atoms with Crippen molar-refractivity contribution in [1.29, 1.82) is 0 Å². The molecule has 0 aromatic heterocycles. The Morgan fingerprint density at radius 1 is 1.38 bits per heavy atom. The van der Waals surface area contributed by atoms with Crippen LogP contribution in [0.4, 0.5) is 0 Å². The second kappa shape index (κ2) is 4.18. The third-order valence-electron chi connectivity index (χ3n) is 1.65. The van der Waals surface area contributed by atoms with E-state index in [1.165, 1.54) is 12.1 Å². The Hall–Kier alpha value is -1.16. The van der Waals surface area contributed by atoms with Crippen LogP contribution < -0.4 is 0 Å². The van der Waals surface area contributed by atoms with Gasteiger partial charge in [0.05, 0.1) is 0 Å². The lowest BCUT2D eigenvalue weighted by Crippen LogP contribution is -2.15. The Bertz CT molecular complexity index is 294. The highest BCUT2D eigenvalue weighted by Crippen LogP contribution is 2.13. The minimum atomic E-state index is -0.934. The molecule has 0 spiro atoms. The molecule has 1 atom stereocenters. The van der Waals surface area contributed by atoms with Crippen LogP contribution in [0.1, 0.15) is 5.56 Å². The zero-order valence-electron chi connectivity index (χ0n) is 6.84. The predicted octanol–water partition coefficient (Wildman–Crippen LogP) is 1.32. The number of phenolic OH excluding ortho intramolecular Hbond substituents is 1. The van der Waals surface area contributed by atoms with E-state index in [1.807, 2.05) is 0 Å². The summed E-state index contributed by atoms with van der Waals surface area (Å²) >= 11 is 3.90. The van der Waals surface area contributed by atoms with Gasteiger partial charge in [-0.15, -0.1) is 0 Å². The molecule has 1 aromatic rings. The third kappa shape index (κ3) is 2.99. The number of rotatable bonds is 3. The van der Waals surface area contributed by atoms with E-state index in [0.29, 0.717) is 6.42 Å². The summed E-state index contributed by atoms with van der Waals surface area (Å²) < 4.78 is 0. The molecule has 1 aromatic carbocycles. The Balaban J connectivity index is 2.64. The standard InChI is InChI=1S/C9H10O3S/c10-7-3-1-6(2-4-7)5-8(13)9(11)12/h1-4,8,10,13H,5H2,(H,11,12). The summed E-state index contributed by atoms with van der Waals surface area (Å²) in [4.78, 5) is 10.4. The molecule has 1 rings (SSSR count). The fourth-order valence-corrected chi connectivity index (χ4v) is 1.15. The van der Waals surface area contributed by atoms with Crippen LogP contribution in [0.25, 0.3) is 0 Å². The molecule has 3 nitrogen and oxygen atoms in total. The summed E-state index contributed by atoms with van der Waals surface area (Å²) in [5, 5.41) is 16.8. The van der Waals surface area contributed by atoms with E-state index in [4.69, 9.17) is 10.2 Å². The Kier molecular flexibility index (Phi) is 3.19. The van der Waals surface area contributed by atoms with Crippen molar-refractivity contribution in [3.63, 3.8) is 0 Å². The summed E-state index contributed by atoms with van der Waals surface area (Å²) in [5.41, 5.74) is 0.847. The van der Waals surface area contributed by atoms with Crippen LogP contribution in [0.3, 0.4) is 0 Å². The zero-order valence-corrected chi connectivity index (χ0v) is 7.74. The van der Waals surface area contributed by atoms with Gasteiger partial charge in [0, 0.05) is 0 Å². The van der Waals surface area contributed by atoms with Gasteiger partial charge in [-0.3, -0.25) is 4.79 Å². The number of carboxylic acids is 1. The fraction of sp³-hybridized carbons (Fsp3) is 0.222. The van der Waals surface area contributed by atoms with Gasteiger partial charge >= 0.3 is 5.97 Å². The summed E-state index contributed by atoms with van der Waals surface area (Å²) in [5.74, 6) is -0.758. The van der Waals surface area contributed by atoms with Crippen molar-refractivity contribution in [2.24, 2.45) is 0 Å². The van der Waals surface area contributed by atoms with E-state index in [1.54, 1.807) is 12.1 Å². The van der Waals surface area contributed by atoms with Crippen LogP contribution in [0.15, 0.2) is 24.3 Å². The topological polar surface area (TPSA) is 57.5 Å². The molecule has 1 unspecified atom stereocenters. The van der Waals surface area contributed by atoms with Crippen LogP contribution in [-0.2, 0) is 11.2 Å². The average Bonchev–Trinajstić information content (AvgIpc) is 2.08. The van der Waals surface area contributed by atoms with Crippen molar-refractivity contribution >= 4 is 18.6 Å². The van der Waals surface area contributed by atoms with Gasteiger partial charge in [0.15, 0.2) is 0 Å². The maximum absolute atomic E-state index is 10.4. The number of benzene rings is 1. The van der Waals surface area contributed by atoms with Gasteiger partial charge in [-0.1, -0.05) is 12.1 Å². The maximum Gasteiger partial charge on any atom is 0.316 e. The van der Waals surface area contributed by atoms with Crippen LogP contribution in [0.5, 0.6) is 5.75 Å². The summed E-state index contributed by atoms with van der Waals surface area (Å²) in [6.45, 7) is 0. The SMILES string of the molecule is O=C(O)C(S)Cc1ccc(O)cc1. The highest BCUT2D eigenvalue weighted by atomic mass is 32.1. The van der Waals surface area contributed by atoms with Gasteiger partial charge in [0.25, 0.3) is 0 Å². The van der Waals surface area contributed by atoms with Crippen LogP contribution in [0, 0.1) is 0 Å². The van der Waals surface area contributed by atoms with Crippen molar-refractivity contribution < 1.29 is 15.0 Å². The highest BCUT2D eigenvalue weighted by Gasteiger charge is 2.11. The molecule has 0 aliphatic rings. The summed E-state index contributed by atoms with van der Waals surface area (Å²) in [6.07, 6.45) is 0.360.